The van der Waals surface area contributed by atoms with Gasteiger partial charge in [-0.2, -0.15) is 0 Å². The van der Waals surface area contributed by atoms with E-state index in [0.717, 1.165) is 35.6 Å². The molecule has 8 nitrogen and oxygen atoms in total. The molecule has 0 unspecified atom stereocenters. The molecular formula is C22H23N5O3. The Hall–Kier alpha value is -3.68. The Labute approximate surface area is 174 Å². The number of rotatable bonds is 5. The van der Waals surface area contributed by atoms with Gasteiger partial charge < -0.3 is 14.4 Å². The number of methoxy groups -OCH3 is 2. The average Bonchev–Trinajstić information content (AvgIpc) is 2.80. The summed E-state index contributed by atoms with van der Waals surface area (Å²) in [7, 11) is 5.03. The number of aromatic nitrogens is 4. The van der Waals surface area contributed by atoms with E-state index in [1.165, 1.54) is 12.4 Å². The number of ether oxygens (including phenoxy) is 2. The van der Waals surface area contributed by atoms with Gasteiger partial charge in [0, 0.05) is 32.4 Å². The zero-order valence-corrected chi connectivity index (χ0v) is 17.2. The van der Waals surface area contributed by atoms with Gasteiger partial charge in [0.2, 0.25) is 5.95 Å². The summed E-state index contributed by atoms with van der Waals surface area (Å²) in [6.07, 6.45) is 6.08. The van der Waals surface area contributed by atoms with Gasteiger partial charge in [-0.1, -0.05) is 12.1 Å². The van der Waals surface area contributed by atoms with Crippen LogP contribution in [0.5, 0.6) is 11.5 Å². The summed E-state index contributed by atoms with van der Waals surface area (Å²) in [5.41, 5.74) is 2.99. The lowest BCUT2D eigenvalue weighted by Gasteiger charge is -2.30. The fourth-order valence-electron chi connectivity index (χ4n) is 3.65. The molecule has 0 radical (unpaired) electrons. The molecular weight excluding hydrogens is 382 g/mol. The van der Waals surface area contributed by atoms with Crippen molar-refractivity contribution in [3.63, 3.8) is 0 Å². The van der Waals surface area contributed by atoms with Gasteiger partial charge in [0.15, 0.2) is 0 Å². The number of nitrogens with zero attached hydrogens (tertiary/aromatic N) is 5. The monoisotopic (exact) mass is 405 g/mol. The lowest BCUT2D eigenvalue weighted by Crippen LogP contribution is -2.35. The molecule has 8 heteroatoms. The first-order valence-electron chi connectivity index (χ1n) is 9.62. The topological polar surface area (TPSA) is 82.4 Å². The van der Waals surface area contributed by atoms with Gasteiger partial charge in [-0.15, -0.1) is 0 Å². The first kappa shape index (κ1) is 19.6. The van der Waals surface area contributed by atoms with E-state index in [4.69, 9.17) is 14.5 Å². The van der Waals surface area contributed by atoms with Crippen molar-refractivity contribution in [2.24, 2.45) is 7.05 Å². The highest BCUT2D eigenvalue weighted by Gasteiger charge is 2.23. The molecule has 0 atom stereocenters. The van der Waals surface area contributed by atoms with Crippen LogP contribution in [0, 0.1) is 0 Å². The molecule has 3 aromatic rings. The molecule has 0 saturated carbocycles. The summed E-state index contributed by atoms with van der Waals surface area (Å²) in [6.45, 7) is 1.32. The molecule has 2 aromatic heterocycles. The Morgan fingerprint density at radius 2 is 1.83 bits per heavy atom. The third-order valence-corrected chi connectivity index (χ3v) is 5.14. The molecule has 4 rings (SSSR count). The van der Waals surface area contributed by atoms with Crippen LogP contribution < -0.4 is 19.9 Å². The number of anilines is 1. The van der Waals surface area contributed by atoms with Crippen molar-refractivity contribution < 1.29 is 9.47 Å². The van der Waals surface area contributed by atoms with Crippen LogP contribution >= 0.6 is 0 Å². The van der Waals surface area contributed by atoms with Crippen molar-refractivity contribution in [2.45, 2.75) is 6.42 Å². The molecule has 0 amide bonds. The second-order valence-electron chi connectivity index (χ2n) is 6.91. The van der Waals surface area contributed by atoms with Gasteiger partial charge in [0.25, 0.3) is 5.56 Å². The first-order chi connectivity index (χ1) is 14.6. The minimum Gasteiger partial charge on any atom is -0.496 e. The molecule has 0 fully saturated rings. The molecule has 0 spiro atoms. The Bertz CT molecular complexity index is 1120. The summed E-state index contributed by atoms with van der Waals surface area (Å²) in [6, 6.07) is 8.98. The third kappa shape index (κ3) is 3.63. The lowest BCUT2D eigenvalue weighted by atomic mass is 9.99. The number of hydrogen-bond acceptors (Lipinski definition) is 7. The van der Waals surface area contributed by atoms with Gasteiger partial charge in [-0.25, -0.2) is 15.0 Å². The SMILES string of the molecule is COc1cccc(OC)c1C1=CCCN(c2nc(-c3ccncn3)cc(=O)n2C)C1. The van der Waals surface area contributed by atoms with Crippen LogP contribution in [0.15, 0.2) is 53.7 Å². The molecule has 0 N–H and O–H groups in total. The van der Waals surface area contributed by atoms with Crippen molar-refractivity contribution in [1.82, 2.24) is 19.5 Å². The van der Waals surface area contributed by atoms with Crippen molar-refractivity contribution in [3.05, 3.63) is 64.8 Å². The van der Waals surface area contributed by atoms with Crippen molar-refractivity contribution in [1.29, 1.82) is 0 Å². The third-order valence-electron chi connectivity index (χ3n) is 5.14. The van der Waals surface area contributed by atoms with Crippen LogP contribution in [-0.2, 0) is 7.05 Å². The molecule has 30 heavy (non-hydrogen) atoms. The smallest absolute Gasteiger partial charge is 0.255 e. The van der Waals surface area contributed by atoms with Gasteiger partial charge in [0.05, 0.1) is 31.2 Å². The normalized spacial score (nSPS) is 13.7. The van der Waals surface area contributed by atoms with Crippen LogP contribution in [0.4, 0.5) is 5.95 Å². The highest BCUT2D eigenvalue weighted by atomic mass is 16.5. The van der Waals surface area contributed by atoms with Gasteiger partial charge in [-0.05, 0) is 30.2 Å². The van der Waals surface area contributed by atoms with E-state index in [9.17, 15) is 4.79 Å². The van der Waals surface area contributed by atoms with E-state index < -0.39 is 0 Å². The minimum atomic E-state index is -0.139. The second-order valence-corrected chi connectivity index (χ2v) is 6.91. The molecule has 3 heterocycles. The number of benzene rings is 1. The van der Waals surface area contributed by atoms with E-state index in [1.54, 1.807) is 38.1 Å². The summed E-state index contributed by atoms with van der Waals surface area (Å²) in [5.74, 6) is 2.09. The van der Waals surface area contributed by atoms with Crippen LogP contribution in [0.3, 0.4) is 0 Å². The molecule has 0 aliphatic carbocycles. The standard InChI is InChI=1S/C22H23N5O3/c1-26-20(28)12-17(16-9-10-23-14-24-16)25-22(26)27-11-5-6-15(13-27)21-18(29-2)7-4-8-19(21)30-3/h4,6-10,12,14H,5,11,13H2,1-3H3. The summed E-state index contributed by atoms with van der Waals surface area (Å²) in [5, 5.41) is 0. The van der Waals surface area contributed by atoms with E-state index in [2.05, 4.69) is 20.9 Å². The lowest BCUT2D eigenvalue weighted by molar-refractivity contribution is 0.391. The van der Waals surface area contributed by atoms with E-state index in [0.29, 0.717) is 23.9 Å². The van der Waals surface area contributed by atoms with Crippen LogP contribution in [0.2, 0.25) is 0 Å². The maximum atomic E-state index is 12.6. The van der Waals surface area contributed by atoms with Crippen molar-refractivity contribution in [3.8, 4) is 22.9 Å². The minimum absolute atomic E-state index is 0.139. The van der Waals surface area contributed by atoms with Crippen molar-refractivity contribution in [2.75, 3.05) is 32.2 Å². The Balaban J connectivity index is 1.74. The van der Waals surface area contributed by atoms with Crippen LogP contribution in [0.1, 0.15) is 12.0 Å². The van der Waals surface area contributed by atoms with Crippen LogP contribution in [-0.4, -0.2) is 46.8 Å². The summed E-state index contributed by atoms with van der Waals surface area (Å²) in [4.78, 5) is 27.6. The molecule has 1 aromatic carbocycles. The molecule has 154 valence electrons. The van der Waals surface area contributed by atoms with Gasteiger partial charge in [0.1, 0.15) is 17.8 Å². The molecule has 1 aliphatic heterocycles. The summed E-state index contributed by atoms with van der Waals surface area (Å²) >= 11 is 0. The second kappa shape index (κ2) is 8.36. The van der Waals surface area contributed by atoms with E-state index >= 15 is 0 Å². The number of hydrogen-bond donors (Lipinski definition) is 0. The Morgan fingerprint density at radius 1 is 1.07 bits per heavy atom. The van der Waals surface area contributed by atoms with Crippen LogP contribution in [0.25, 0.3) is 17.0 Å². The zero-order chi connectivity index (χ0) is 21.1. The fourth-order valence-corrected chi connectivity index (χ4v) is 3.65. The summed E-state index contributed by atoms with van der Waals surface area (Å²) < 4.78 is 12.7. The maximum absolute atomic E-state index is 12.6. The molecule has 1 aliphatic rings. The first-order valence-corrected chi connectivity index (χ1v) is 9.62. The highest BCUT2D eigenvalue weighted by molar-refractivity contribution is 5.79. The maximum Gasteiger partial charge on any atom is 0.255 e. The Kier molecular flexibility index (Phi) is 5.47. The zero-order valence-electron chi connectivity index (χ0n) is 17.2. The fraction of sp³-hybridized carbons (Fsp3) is 0.273. The predicted molar refractivity (Wildman–Crippen MR) is 115 cm³/mol. The van der Waals surface area contributed by atoms with E-state index in [-0.39, 0.29) is 5.56 Å². The largest absolute Gasteiger partial charge is 0.496 e. The molecule has 0 bridgehead atoms. The van der Waals surface area contributed by atoms with Gasteiger partial charge in [-0.3, -0.25) is 9.36 Å². The molecule has 0 saturated heterocycles. The Morgan fingerprint density at radius 3 is 2.50 bits per heavy atom. The highest BCUT2D eigenvalue weighted by Crippen LogP contribution is 2.37. The average molecular weight is 405 g/mol. The quantitative estimate of drug-likeness (QED) is 0.645. The van der Waals surface area contributed by atoms with Gasteiger partial charge >= 0.3 is 0 Å². The van der Waals surface area contributed by atoms with E-state index in [1.807, 2.05) is 18.2 Å². The predicted octanol–water partition coefficient (Wildman–Crippen LogP) is 2.55. The van der Waals surface area contributed by atoms with Crippen molar-refractivity contribution >= 4 is 11.5 Å².